The van der Waals surface area contributed by atoms with Crippen molar-refractivity contribution in [2.45, 2.75) is 18.8 Å². The molecule has 0 aliphatic heterocycles. The molecule has 1 N–H and O–H groups in total. The minimum atomic E-state index is -4.47. The highest BCUT2D eigenvalue weighted by Crippen LogP contribution is 2.15. The van der Waals surface area contributed by atoms with Crippen molar-refractivity contribution in [3.63, 3.8) is 0 Å². The quantitative estimate of drug-likeness (QED) is 0.607. The molecule has 102 valence electrons. The van der Waals surface area contributed by atoms with E-state index in [-0.39, 0.29) is 6.54 Å². The number of nitrogens with zero attached hydrogens (tertiary/aromatic N) is 3. The molecule has 0 aromatic carbocycles. The Kier molecular flexibility index (Phi) is 4.62. The SMILES string of the molecule is O=[N+]([O-])c1nccn1C[C@@H](O)COCC(F)(F)F. The van der Waals surface area contributed by atoms with Crippen molar-refractivity contribution < 1.29 is 27.9 Å². The number of aromatic nitrogens is 2. The number of rotatable bonds is 6. The molecule has 0 fully saturated rings. The van der Waals surface area contributed by atoms with Gasteiger partial charge in [-0.1, -0.05) is 4.98 Å². The second-order valence-electron chi connectivity index (χ2n) is 3.42. The number of aliphatic hydroxyl groups is 1. The van der Waals surface area contributed by atoms with Crippen LogP contribution in [0.25, 0.3) is 0 Å². The van der Waals surface area contributed by atoms with Gasteiger partial charge < -0.3 is 20.0 Å². The molecule has 1 atom stereocenters. The number of imidazole rings is 1. The highest BCUT2D eigenvalue weighted by molar-refractivity contribution is 5.06. The molecular weight excluding hydrogens is 259 g/mol. The van der Waals surface area contributed by atoms with Gasteiger partial charge in [0.15, 0.2) is 0 Å². The predicted molar refractivity (Wildman–Crippen MR) is 51.8 cm³/mol. The van der Waals surface area contributed by atoms with Gasteiger partial charge in [-0.2, -0.15) is 13.2 Å². The first-order valence-corrected chi connectivity index (χ1v) is 4.77. The summed E-state index contributed by atoms with van der Waals surface area (Å²) in [4.78, 5) is 13.1. The first kappa shape index (κ1) is 14.4. The predicted octanol–water partition coefficient (Wildman–Crippen LogP) is 0.731. The fourth-order valence-electron chi connectivity index (χ4n) is 1.21. The van der Waals surface area contributed by atoms with E-state index in [0.717, 1.165) is 10.8 Å². The van der Waals surface area contributed by atoms with E-state index in [1.807, 2.05) is 0 Å². The highest BCUT2D eigenvalue weighted by Gasteiger charge is 2.28. The van der Waals surface area contributed by atoms with Crippen molar-refractivity contribution in [1.82, 2.24) is 9.55 Å². The van der Waals surface area contributed by atoms with Gasteiger partial charge >= 0.3 is 12.1 Å². The first-order chi connectivity index (χ1) is 8.29. The number of ether oxygens (including phenoxy) is 1. The lowest BCUT2D eigenvalue weighted by Crippen LogP contribution is -2.26. The Morgan fingerprint density at radius 3 is 2.83 bits per heavy atom. The summed E-state index contributed by atoms with van der Waals surface area (Å²) in [6.07, 6.45) is -3.37. The molecule has 0 amide bonds. The number of halogens is 3. The zero-order valence-electron chi connectivity index (χ0n) is 9.00. The van der Waals surface area contributed by atoms with E-state index >= 15 is 0 Å². The molecule has 0 aliphatic rings. The van der Waals surface area contributed by atoms with Gasteiger partial charge in [0.25, 0.3) is 0 Å². The van der Waals surface area contributed by atoms with E-state index in [9.17, 15) is 28.4 Å². The Morgan fingerprint density at radius 1 is 1.61 bits per heavy atom. The summed E-state index contributed by atoms with van der Waals surface area (Å²) in [5.41, 5.74) is 0. The molecule has 0 saturated carbocycles. The second-order valence-corrected chi connectivity index (χ2v) is 3.42. The largest absolute Gasteiger partial charge is 0.434 e. The summed E-state index contributed by atoms with van der Waals surface area (Å²) in [6.45, 7) is -2.32. The van der Waals surface area contributed by atoms with Crippen LogP contribution in [0.5, 0.6) is 0 Å². The van der Waals surface area contributed by atoms with Crippen molar-refractivity contribution in [3.05, 3.63) is 22.5 Å². The lowest BCUT2D eigenvalue weighted by atomic mass is 10.4. The third-order valence-corrected chi connectivity index (χ3v) is 1.84. The second kappa shape index (κ2) is 5.78. The van der Waals surface area contributed by atoms with Crippen LogP contribution in [-0.4, -0.2) is 45.1 Å². The molecule has 0 aliphatic carbocycles. The molecule has 0 bridgehead atoms. The fraction of sp³-hybridized carbons (Fsp3) is 0.625. The topological polar surface area (TPSA) is 90.4 Å². The summed E-state index contributed by atoms with van der Waals surface area (Å²) >= 11 is 0. The summed E-state index contributed by atoms with van der Waals surface area (Å²) in [5, 5.41) is 19.8. The normalized spacial score (nSPS) is 13.6. The maximum Gasteiger partial charge on any atom is 0.434 e. The molecule has 1 rings (SSSR count). The van der Waals surface area contributed by atoms with E-state index in [0.29, 0.717) is 0 Å². The molecule has 10 heteroatoms. The van der Waals surface area contributed by atoms with Gasteiger partial charge in [-0.25, -0.2) is 4.57 Å². The van der Waals surface area contributed by atoms with Gasteiger partial charge in [0.05, 0.1) is 13.2 Å². The number of nitro groups is 1. The lowest BCUT2D eigenvalue weighted by Gasteiger charge is -2.11. The zero-order chi connectivity index (χ0) is 13.8. The summed E-state index contributed by atoms with van der Waals surface area (Å²) in [5.74, 6) is -0.495. The summed E-state index contributed by atoms with van der Waals surface area (Å²) in [6, 6.07) is 0. The Balaban J connectivity index is 2.42. The minimum Gasteiger partial charge on any atom is -0.390 e. The smallest absolute Gasteiger partial charge is 0.390 e. The molecule has 7 nitrogen and oxygen atoms in total. The van der Waals surface area contributed by atoms with Crippen molar-refractivity contribution in [2.75, 3.05) is 13.2 Å². The number of hydrogen-bond donors (Lipinski definition) is 1. The van der Waals surface area contributed by atoms with Gasteiger partial charge in [-0.15, -0.1) is 0 Å². The van der Waals surface area contributed by atoms with Crippen molar-refractivity contribution >= 4 is 5.95 Å². The van der Waals surface area contributed by atoms with E-state index in [4.69, 9.17) is 0 Å². The van der Waals surface area contributed by atoms with Gasteiger partial charge in [0.1, 0.15) is 25.1 Å². The van der Waals surface area contributed by atoms with Crippen LogP contribution in [-0.2, 0) is 11.3 Å². The van der Waals surface area contributed by atoms with Gasteiger partial charge in [0, 0.05) is 0 Å². The Bertz CT molecular complexity index is 407. The lowest BCUT2D eigenvalue weighted by molar-refractivity contribution is -0.397. The molecule has 1 heterocycles. The first-order valence-electron chi connectivity index (χ1n) is 4.77. The standard InChI is InChI=1S/C8H10F3N3O4/c9-8(10,11)5-18-4-6(15)3-13-2-1-12-7(13)14(16)17/h1-2,6,15H,3-5H2/t6-/m1/s1. The van der Waals surface area contributed by atoms with Crippen LogP contribution >= 0.6 is 0 Å². The van der Waals surface area contributed by atoms with Crippen LogP contribution < -0.4 is 0 Å². The third-order valence-electron chi connectivity index (χ3n) is 1.84. The Labute approximate surface area is 99.0 Å². The van der Waals surface area contributed by atoms with Crippen LogP contribution in [0, 0.1) is 10.1 Å². The molecular formula is C8H10F3N3O4. The Morgan fingerprint density at radius 2 is 2.28 bits per heavy atom. The summed E-state index contributed by atoms with van der Waals surface area (Å²) in [7, 11) is 0. The molecule has 0 radical (unpaired) electrons. The average molecular weight is 269 g/mol. The van der Waals surface area contributed by atoms with Crippen molar-refractivity contribution in [1.29, 1.82) is 0 Å². The monoisotopic (exact) mass is 269 g/mol. The molecule has 18 heavy (non-hydrogen) atoms. The van der Waals surface area contributed by atoms with Crippen LogP contribution in [0.15, 0.2) is 12.4 Å². The highest BCUT2D eigenvalue weighted by atomic mass is 19.4. The van der Waals surface area contributed by atoms with E-state index in [1.165, 1.54) is 6.20 Å². The number of hydrogen-bond acceptors (Lipinski definition) is 5. The van der Waals surface area contributed by atoms with Gasteiger partial charge in [-0.05, 0) is 4.92 Å². The average Bonchev–Trinajstić information content (AvgIpc) is 2.63. The van der Waals surface area contributed by atoms with Crippen LogP contribution in [0.3, 0.4) is 0 Å². The molecule has 0 unspecified atom stereocenters. The minimum absolute atomic E-state index is 0.270. The maximum absolute atomic E-state index is 11.7. The van der Waals surface area contributed by atoms with Crippen LogP contribution in [0.1, 0.15) is 0 Å². The van der Waals surface area contributed by atoms with Crippen molar-refractivity contribution in [3.8, 4) is 0 Å². The summed E-state index contributed by atoms with van der Waals surface area (Å²) < 4.78 is 40.5. The zero-order valence-corrected chi connectivity index (χ0v) is 9.00. The van der Waals surface area contributed by atoms with E-state index in [2.05, 4.69) is 9.72 Å². The van der Waals surface area contributed by atoms with E-state index in [1.54, 1.807) is 0 Å². The van der Waals surface area contributed by atoms with E-state index < -0.39 is 36.4 Å². The molecule has 1 aromatic heterocycles. The Hall–Kier alpha value is -1.68. The van der Waals surface area contributed by atoms with Crippen molar-refractivity contribution in [2.24, 2.45) is 0 Å². The van der Waals surface area contributed by atoms with Crippen LogP contribution in [0.2, 0.25) is 0 Å². The third kappa shape index (κ3) is 4.67. The van der Waals surface area contributed by atoms with Crippen LogP contribution in [0.4, 0.5) is 19.1 Å². The van der Waals surface area contributed by atoms with Gasteiger partial charge in [-0.3, -0.25) is 0 Å². The van der Waals surface area contributed by atoms with Gasteiger partial charge in [0.2, 0.25) is 0 Å². The molecule has 0 saturated heterocycles. The number of alkyl halides is 3. The molecule has 0 spiro atoms. The molecule has 1 aromatic rings. The fourth-order valence-corrected chi connectivity index (χ4v) is 1.21. The number of aliphatic hydroxyl groups excluding tert-OH is 1. The maximum atomic E-state index is 11.7.